The Morgan fingerprint density at radius 3 is 2.62 bits per heavy atom. The molecule has 2 amide bonds. The molecule has 2 N–H and O–H groups in total. The van der Waals surface area contributed by atoms with Crippen molar-refractivity contribution >= 4 is 23.8 Å². The molecule has 6 heteroatoms. The van der Waals surface area contributed by atoms with Gasteiger partial charge in [-0.25, -0.2) is 9.59 Å². The molecule has 0 radical (unpaired) electrons. The molecule has 0 spiro atoms. The Labute approximate surface area is 130 Å². The van der Waals surface area contributed by atoms with Gasteiger partial charge in [0.1, 0.15) is 6.04 Å². The van der Waals surface area contributed by atoms with E-state index in [-0.39, 0.29) is 11.4 Å². The van der Waals surface area contributed by atoms with E-state index in [1.807, 2.05) is 0 Å². The third kappa shape index (κ3) is 4.28. The number of nitrogens with one attached hydrogen (secondary N) is 1. The molecular weight excluding hydrogens is 288 g/mol. The molecule has 0 aromatic carbocycles. The predicted octanol–water partition coefficient (Wildman–Crippen LogP) is 2.90. The number of rotatable bonds is 5. The first-order valence-corrected chi connectivity index (χ1v) is 9.09. The topological polar surface area (TPSA) is 69.6 Å². The zero-order valence-electron chi connectivity index (χ0n) is 12.7. The highest BCUT2D eigenvalue weighted by molar-refractivity contribution is 8.00. The molecule has 0 aromatic rings. The molecule has 0 aromatic heterocycles. The van der Waals surface area contributed by atoms with E-state index in [1.54, 1.807) is 16.7 Å². The van der Waals surface area contributed by atoms with Crippen molar-refractivity contribution in [1.29, 1.82) is 0 Å². The quantitative estimate of drug-likeness (QED) is 0.818. The first-order chi connectivity index (χ1) is 10.1. The summed E-state index contributed by atoms with van der Waals surface area (Å²) < 4.78 is 0. The minimum absolute atomic E-state index is 0.00227. The van der Waals surface area contributed by atoms with Crippen molar-refractivity contribution in [2.24, 2.45) is 5.92 Å². The summed E-state index contributed by atoms with van der Waals surface area (Å²) in [7, 11) is 0. The highest BCUT2D eigenvalue weighted by atomic mass is 32.2. The van der Waals surface area contributed by atoms with Gasteiger partial charge in [-0.15, -0.1) is 11.8 Å². The van der Waals surface area contributed by atoms with Crippen molar-refractivity contribution < 1.29 is 14.7 Å². The number of carbonyl (C=O) groups excluding carboxylic acids is 1. The maximum absolute atomic E-state index is 12.4. The van der Waals surface area contributed by atoms with Gasteiger partial charge >= 0.3 is 12.0 Å². The van der Waals surface area contributed by atoms with E-state index >= 15 is 0 Å². The number of hydrogen-bond donors (Lipinski definition) is 2. The van der Waals surface area contributed by atoms with Crippen LogP contribution in [0.15, 0.2) is 0 Å². The van der Waals surface area contributed by atoms with E-state index in [4.69, 9.17) is 0 Å². The molecular formula is C15H26N2O3S. The Morgan fingerprint density at radius 2 is 2.00 bits per heavy atom. The van der Waals surface area contributed by atoms with Gasteiger partial charge in [-0.2, -0.15) is 0 Å². The SMILES string of the molecule is CCCC1SCC(C(=O)O)N1C(=O)NCC1CCCCC1. The Hall–Kier alpha value is -0.910. The molecule has 1 saturated carbocycles. The van der Waals surface area contributed by atoms with Crippen molar-refractivity contribution in [1.82, 2.24) is 10.2 Å². The second kappa shape index (κ2) is 7.92. The minimum Gasteiger partial charge on any atom is -0.480 e. The van der Waals surface area contributed by atoms with Crippen LogP contribution in [-0.2, 0) is 4.79 Å². The summed E-state index contributed by atoms with van der Waals surface area (Å²) in [6.07, 6.45) is 7.95. The molecule has 2 unspecified atom stereocenters. The van der Waals surface area contributed by atoms with Crippen LogP contribution in [0.3, 0.4) is 0 Å². The lowest BCUT2D eigenvalue weighted by Gasteiger charge is -2.29. The van der Waals surface area contributed by atoms with Gasteiger partial charge in [0.2, 0.25) is 0 Å². The van der Waals surface area contributed by atoms with Crippen molar-refractivity contribution in [2.45, 2.75) is 63.3 Å². The summed E-state index contributed by atoms with van der Waals surface area (Å²) in [5, 5.41) is 12.3. The highest BCUT2D eigenvalue weighted by Gasteiger charge is 2.41. The number of carbonyl (C=O) groups is 2. The van der Waals surface area contributed by atoms with Gasteiger partial charge in [-0.1, -0.05) is 32.6 Å². The lowest BCUT2D eigenvalue weighted by molar-refractivity contribution is -0.141. The van der Waals surface area contributed by atoms with E-state index in [0.717, 1.165) is 12.8 Å². The zero-order valence-corrected chi connectivity index (χ0v) is 13.5. The number of carboxylic acids is 1. The Kier molecular flexibility index (Phi) is 6.21. The van der Waals surface area contributed by atoms with Crippen LogP contribution in [0, 0.1) is 5.92 Å². The van der Waals surface area contributed by atoms with Crippen LogP contribution in [0.1, 0.15) is 51.9 Å². The summed E-state index contributed by atoms with van der Waals surface area (Å²) in [6, 6.07) is -0.880. The fourth-order valence-electron chi connectivity index (χ4n) is 3.21. The van der Waals surface area contributed by atoms with Crippen LogP contribution in [0.5, 0.6) is 0 Å². The number of amides is 2. The molecule has 120 valence electrons. The molecule has 5 nitrogen and oxygen atoms in total. The first-order valence-electron chi connectivity index (χ1n) is 8.04. The average Bonchev–Trinajstić information content (AvgIpc) is 2.90. The molecule has 21 heavy (non-hydrogen) atoms. The number of carboxylic acid groups (broad SMARTS) is 1. The maximum atomic E-state index is 12.4. The molecule has 2 aliphatic rings. The average molecular weight is 314 g/mol. The monoisotopic (exact) mass is 314 g/mol. The summed E-state index contributed by atoms with van der Waals surface area (Å²) in [5.74, 6) is 0.163. The van der Waals surface area contributed by atoms with Gasteiger partial charge in [-0.05, 0) is 25.2 Å². The second-order valence-corrected chi connectivity index (χ2v) is 7.24. The van der Waals surface area contributed by atoms with E-state index in [2.05, 4.69) is 12.2 Å². The molecule has 2 rings (SSSR count). The molecule has 1 heterocycles. The van der Waals surface area contributed by atoms with Crippen LogP contribution in [0.25, 0.3) is 0 Å². The van der Waals surface area contributed by atoms with E-state index in [9.17, 15) is 14.7 Å². The van der Waals surface area contributed by atoms with E-state index < -0.39 is 12.0 Å². The minimum atomic E-state index is -0.895. The number of hydrogen-bond acceptors (Lipinski definition) is 3. The third-order valence-electron chi connectivity index (χ3n) is 4.41. The standard InChI is InChI=1S/C15H26N2O3S/c1-2-6-13-17(12(10-21-13)14(18)19)15(20)16-9-11-7-4-3-5-8-11/h11-13H,2-10H2,1H3,(H,16,20)(H,18,19). The highest BCUT2D eigenvalue weighted by Crippen LogP contribution is 2.32. The number of urea groups is 1. The van der Waals surface area contributed by atoms with Gasteiger partial charge < -0.3 is 10.4 Å². The largest absolute Gasteiger partial charge is 0.480 e. The second-order valence-electron chi connectivity index (χ2n) is 6.03. The Balaban J connectivity index is 1.91. The lowest BCUT2D eigenvalue weighted by Crippen LogP contribution is -2.51. The lowest BCUT2D eigenvalue weighted by atomic mass is 9.89. The van der Waals surface area contributed by atoms with Crippen LogP contribution in [0.4, 0.5) is 4.79 Å². The van der Waals surface area contributed by atoms with Crippen LogP contribution < -0.4 is 5.32 Å². The van der Waals surface area contributed by atoms with E-state index in [0.29, 0.717) is 18.2 Å². The smallest absolute Gasteiger partial charge is 0.327 e. The van der Waals surface area contributed by atoms with Crippen molar-refractivity contribution in [2.75, 3.05) is 12.3 Å². The Morgan fingerprint density at radius 1 is 1.29 bits per heavy atom. The molecule has 1 aliphatic carbocycles. The normalized spacial score (nSPS) is 26.8. The first kappa shape index (κ1) is 16.5. The van der Waals surface area contributed by atoms with E-state index in [1.165, 1.54) is 32.1 Å². The number of thioether (sulfide) groups is 1. The van der Waals surface area contributed by atoms with Gasteiger partial charge in [0.05, 0.1) is 5.37 Å². The fourth-order valence-corrected chi connectivity index (χ4v) is 4.72. The number of aliphatic carboxylic acids is 1. The molecule has 1 aliphatic heterocycles. The van der Waals surface area contributed by atoms with Crippen LogP contribution in [0.2, 0.25) is 0 Å². The van der Waals surface area contributed by atoms with Gasteiger partial charge in [0.25, 0.3) is 0 Å². The van der Waals surface area contributed by atoms with Gasteiger partial charge in [-0.3, -0.25) is 4.90 Å². The van der Waals surface area contributed by atoms with Crippen LogP contribution in [-0.4, -0.2) is 45.7 Å². The molecule has 2 fully saturated rings. The van der Waals surface area contributed by atoms with Gasteiger partial charge in [0.15, 0.2) is 0 Å². The van der Waals surface area contributed by atoms with Crippen molar-refractivity contribution in [3.63, 3.8) is 0 Å². The molecule has 1 saturated heterocycles. The van der Waals surface area contributed by atoms with Crippen molar-refractivity contribution in [3.8, 4) is 0 Å². The van der Waals surface area contributed by atoms with Crippen molar-refractivity contribution in [3.05, 3.63) is 0 Å². The molecule has 0 bridgehead atoms. The zero-order chi connectivity index (χ0) is 15.2. The summed E-state index contributed by atoms with van der Waals surface area (Å²) in [4.78, 5) is 25.3. The summed E-state index contributed by atoms with van der Waals surface area (Å²) in [5.41, 5.74) is 0. The number of nitrogens with zero attached hydrogens (tertiary/aromatic N) is 1. The van der Waals surface area contributed by atoms with Gasteiger partial charge in [0, 0.05) is 12.3 Å². The maximum Gasteiger partial charge on any atom is 0.327 e. The Bertz CT molecular complexity index is 372. The fraction of sp³-hybridized carbons (Fsp3) is 0.867. The predicted molar refractivity (Wildman–Crippen MR) is 84.4 cm³/mol. The van der Waals surface area contributed by atoms with Crippen LogP contribution >= 0.6 is 11.8 Å². The summed E-state index contributed by atoms with van der Waals surface area (Å²) >= 11 is 1.59. The molecule has 2 atom stereocenters. The summed E-state index contributed by atoms with van der Waals surface area (Å²) in [6.45, 7) is 2.75. The third-order valence-corrected chi connectivity index (χ3v) is 5.77.